The highest BCUT2D eigenvalue weighted by Gasteiger charge is 2.55. The zero-order chi connectivity index (χ0) is 35.6. The summed E-state index contributed by atoms with van der Waals surface area (Å²) in [5.41, 5.74) is 5.68. The number of carbonyl (C=O) groups excluding carboxylic acids is 1. The standard InChI is InChI=1S/C40H38Cl2FN7OS/c1-19-18-52-40(46-19)48-16-24-11-25(17-48)49(39(51)21-8-9-21)37(24)31-14-27-20(2)47-35-28(38(27)50(31)36-23-13-30(36)45-15-23)12-22(5-4-10-44)32(34(35)43)26-6-3-7-29(41)33(26)42/h3,6-7,12,14,18,21,23-25,30,36-37,45H,4-5,8-9,11,13,15-17H2,1-2H3/t23-,24+,25-,30-,36+,37-/m1/s1. The molecule has 266 valence electrons. The molecule has 4 saturated heterocycles. The third-order valence-electron chi connectivity index (χ3n) is 12.4. The van der Waals surface area contributed by atoms with Gasteiger partial charge in [0.1, 0.15) is 5.52 Å². The fourth-order valence-electron chi connectivity index (χ4n) is 9.95. The van der Waals surface area contributed by atoms with Crippen LogP contribution in [0, 0.1) is 48.7 Å². The Morgan fingerprint density at radius 1 is 1.12 bits per heavy atom. The number of hydrogen-bond acceptors (Lipinski definition) is 7. The number of carbonyl (C=O) groups is 1. The van der Waals surface area contributed by atoms with Crippen molar-refractivity contribution in [2.75, 3.05) is 24.5 Å². The summed E-state index contributed by atoms with van der Waals surface area (Å²) in [5, 5.41) is 18.8. The molecule has 2 aliphatic carbocycles. The maximum atomic E-state index is 17.3. The lowest BCUT2D eigenvalue weighted by Crippen LogP contribution is -2.45. The quantitative estimate of drug-likeness (QED) is 0.179. The average molecular weight is 755 g/mol. The molecule has 0 unspecified atom stereocenters. The molecule has 1 amide bonds. The fourth-order valence-corrected chi connectivity index (χ4v) is 11.2. The van der Waals surface area contributed by atoms with Crippen LogP contribution in [0.15, 0.2) is 35.7 Å². The van der Waals surface area contributed by atoms with E-state index in [0.717, 1.165) is 83.8 Å². The molecule has 4 bridgehead atoms. The number of amides is 1. The van der Waals surface area contributed by atoms with Gasteiger partial charge < -0.3 is 19.7 Å². The lowest BCUT2D eigenvalue weighted by atomic mass is 9.79. The van der Waals surface area contributed by atoms with Crippen LogP contribution in [0.5, 0.6) is 0 Å². The van der Waals surface area contributed by atoms with Crippen molar-refractivity contribution in [3.05, 3.63) is 74.2 Å². The van der Waals surface area contributed by atoms with E-state index in [1.54, 1.807) is 29.5 Å². The largest absolute Gasteiger partial charge is 0.346 e. The SMILES string of the molecule is Cc1csc(N2C[C@@H]3C[C@H](C2)N(C(=O)C2CC2)[C@H]3c2cc3c(C)nc4c(F)c(-c5cccc(Cl)c5Cl)c(CCC#N)cc4c3n2[C@H]2[C@H]3CN[C@@H]2C3)n1. The molecule has 0 spiro atoms. The highest BCUT2D eigenvalue weighted by molar-refractivity contribution is 7.13. The van der Waals surface area contributed by atoms with Gasteiger partial charge in [-0.2, -0.15) is 5.26 Å². The average Bonchev–Trinajstić information content (AvgIpc) is 3.47. The number of nitriles is 1. The summed E-state index contributed by atoms with van der Waals surface area (Å²) in [7, 11) is 0. The van der Waals surface area contributed by atoms with Gasteiger partial charge in [0, 0.05) is 82.6 Å². The van der Waals surface area contributed by atoms with Gasteiger partial charge in [0.2, 0.25) is 5.91 Å². The van der Waals surface area contributed by atoms with Crippen molar-refractivity contribution in [2.45, 2.75) is 76.5 Å². The highest BCUT2D eigenvalue weighted by Crippen LogP contribution is 2.54. The van der Waals surface area contributed by atoms with E-state index in [1.807, 2.05) is 19.9 Å². The molecule has 6 atom stereocenters. The lowest BCUT2D eigenvalue weighted by molar-refractivity contribution is -0.135. The molecular formula is C40H38Cl2FN7OS. The van der Waals surface area contributed by atoms with Gasteiger partial charge in [0.05, 0.1) is 45.5 Å². The number of anilines is 1. The first-order valence-corrected chi connectivity index (χ1v) is 20.1. The Bertz CT molecular complexity index is 2350. The molecule has 7 heterocycles. The molecule has 1 N–H and O–H groups in total. The van der Waals surface area contributed by atoms with Gasteiger partial charge in [0.25, 0.3) is 0 Å². The van der Waals surface area contributed by atoms with E-state index in [0.29, 0.717) is 40.1 Å². The summed E-state index contributed by atoms with van der Waals surface area (Å²) in [6.07, 6.45) is 4.53. The minimum atomic E-state index is -0.458. The Balaban J connectivity index is 1.22. The predicted molar refractivity (Wildman–Crippen MR) is 204 cm³/mol. The Labute approximate surface area is 315 Å². The molecule has 5 aromatic rings. The molecule has 0 radical (unpaired) electrons. The number of halogens is 3. The van der Waals surface area contributed by atoms with Crippen LogP contribution in [0.3, 0.4) is 0 Å². The zero-order valence-corrected chi connectivity index (χ0v) is 31.3. The maximum absolute atomic E-state index is 17.3. The summed E-state index contributed by atoms with van der Waals surface area (Å²) in [4.78, 5) is 28.8. The Morgan fingerprint density at radius 3 is 2.67 bits per heavy atom. The van der Waals surface area contributed by atoms with Crippen molar-refractivity contribution in [2.24, 2.45) is 17.8 Å². The zero-order valence-electron chi connectivity index (χ0n) is 29.0. The molecule has 2 saturated carbocycles. The van der Waals surface area contributed by atoms with Crippen molar-refractivity contribution in [3.8, 4) is 17.2 Å². The molecule has 52 heavy (non-hydrogen) atoms. The molecule has 2 aromatic carbocycles. The van der Waals surface area contributed by atoms with Crippen LogP contribution in [-0.2, 0) is 11.2 Å². The molecule has 8 nitrogen and oxygen atoms in total. The molecule has 12 heteroatoms. The smallest absolute Gasteiger partial charge is 0.226 e. The van der Waals surface area contributed by atoms with Gasteiger partial charge in [-0.1, -0.05) is 35.3 Å². The van der Waals surface area contributed by atoms with Gasteiger partial charge in [-0.3, -0.25) is 4.79 Å². The molecular weight excluding hydrogens is 716 g/mol. The van der Waals surface area contributed by atoms with E-state index in [4.69, 9.17) is 33.2 Å². The molecule has 3 aromatic heterocycles. The number of benzene rings is 2. The normalized spacial score (nSPS) is 26.4. The number of rotatable bonds is 7. The molecule has 6 aliphatic rings. The molecule has 4 aliphatic heterocycles. The van der Waals surface area contributed by atoms with Crippen LogP contribution in [0.1, 0.15) is 66.8 Å². The van der Waals surface area contributed by atoms with Crippen LogP contribution in [0.25, 0.3) is 32.9 Å². The maximum Gasteiger partial charge on any atom is 0.226 e. The number of likely N-dealkylation sites (tertiary alicyclic amines) is 1. The van der Waals surface area contributed by atoms with E-state index in [2.05, 4.69) is 37.2 Å². The van der Waals surface area contributed by atoms with E-state index in [-0.39, 0.29) is 52.8 Å². The van der Waals surface area contributed by atoms with E-state index in [9.17, 15) is 10.1 Å². The Morgan fingerprint density at radius 2 is 1.96 bits per heavy atom. The number of nitrogens with zero attached hydrogens (tertiary/aromatic N) is 6. The van der Waals surface area contributed by atoms with Crippen molar-refractivity contribution < 1.29 is 9.18 Å². The third-order valence-corrected chi connectivity index (χ3v) is 14.2. The van der Waals surface area contributed by atoms with Crippen molar-refractivity contribution in [3.63, 3.8) is 0 Å². The summed E-state index contributed by atoms with van der Waals surface area (Å²) >= 11 is 14.8. The van der Waals surface area contributed by atoms with Crippen molar-refractivity contribution in [1.29, 1.82) is 5.26 Å². The van der Waals surface area contributed by atoms with Crippen molar-refractivity contribution >= 4 is 67.4 Å². The number of thiazole rings is 1. The minimum Gasteiger partial charge on any atom is -0.346 e. The summed E-state index contributed by atoms with van der Waals surface area (Å²) < 4.78 is 19.8. The highest BCUT2D eigenvalue weighted by atomic mass is 35.5. The lowest BCUT2D eigenvalue weighted by Gasteiger charge is -2.40. The number of nitrogens with one attached hydrogen (secondary N) is 1. The third kappa shape index (κ3) is 4.88. The van der Waals surface area contributed by atoms with Gasteiger partial charge in [-0.25, -0.2) is 14.4 Å². The van der Waals surface area contributed by atoms with E-state index >= 15 is 4.39 Å². The van der Waals surface area contributed by atoms with Crippen LogP contribution < -0.4 is 10.2 Å². The minimum absolute atomic E-state index is 0.0922. The summed E-state index contributed by atoms with van der Waals surface area (Å²) in [6, 6.07) is 12.3. The predicted octanol–water partition coefficient (Wildman–Crippen LogP) is 8.55. The second kappa shape index (κ2) is 12.1. The van der Waals surface area contributed by atoms with Gasteiger partial charge in [0.15, 0.2) is 10.9 Å². The van der Waals surface area contributed by atoms with Gasteiger partial charge >= 0.3 is 0 Å². The number of aromatic nitrogens is 3. The van der Waals surface area contributed by atoms with Crippen LogP contribution >= 0.6 is 34.5 Å². The number of hydrogen-bond donors (Lipinski definition) is 1. The van der Waals surface area contributed by atoms with E-state index in [1.165, 1.54) is 0 Å². The van der Waals surface area contributed by atoms with Crippen LogP contribution in [0.2, 0.25) is 10.0 Å². The number of aryl methyl sites for hydroxylation is 3. The number of pyridine rings is 1. The van der Waals surface area contributed by atoms with E-state index < -0.39 is 5.82 Å². The summed E-state index contributed by atoms with van der Waals surface area (Å²) in [5.74, 6) is 0.570. The van der Waals surface area contributed by atoms with Gasteiger partial charge in [-0.15, -0.1) is 11.3 Å². The molecule has 6 fully saturated rings. The first kappa shape index (κ1) is 32.9. The first-order valence-electron chi connectivity index (χ1n) is 18.4. The van der Waals surface area contributed by atoms with Crippen LogP contribution in [-0.4, -0.2) is 57.1 Å². The second-order valence-corrected chi connectivity index (χ2v) is 17.2. The first-order chi connectivity index (χ1) is 25.2. The Kier molecular flexibility index (Phi) is 7.67. The molecule has 11 rings (SSSR count). The fraction of sp³-hybridized carbons (Fsp3) is 0.450. The monoisotopic (exact) mass is 753 g/mol. The van der Waals surface area contributed by atoms with Crippen LogP contribution in [0.4, 0.5) is 9.52 Å². The topological polar surface area (TPSA) is 90.1 Å². The number of piperidine rings is 1. The second-order valence-electron chi connectivity index (χ2n) is 15.6. The van der Waals surface area contributed by atoms with Gasteiger partial charge in [-0.05, 0) is 75.6 Å². The van der Waals surface area contributed by atoms with Crippen molar-refractivity contribution in [1.82, 2.24) is 24.8 Å². The Hall–Kier alpha value is -3.75. The number of fused-ring (bicyclic) bond motifs is 6. The summed E-state index contributed by atoms with van der Waals surface area (Å²) in [6.45, 7) is 6.54.